The summed E-state index contributed by atoms with van der Waals surface area (Å²) in [5, 5.41) is 8.54. The van der Waals surface area contributed by atoms with Gasteiger partial charge in [0.25, 0.3) is 0 Å². The van der Waals surface area contributed by atoms with Crippen LogP contribution in [0.15, 0.2) is 17.5 Å². The highest BCUT2D eigenvalue weighted by atomic mass is 32.1. The van der Waals surface area contributed by atoms with Crippen molar-refractivity contribution < 1.29 is 4.79 Å². The Labute approximate surface area is 125 Å². The van der Waals surface area contributed by atoms with Crippen molar-refractivity contribution in [2.45, 2.75) is 45.3 Å². The first-order valence-electron chi connectivity index (χ1n) is 7.41. The van der Waals surface area contributed by atoms with Gasteiger partial charge in [0.2, 0.25) is 5.91 Å². The fraction of sp³-hybridized carbons (Fsp3) is 0.667. The minimum Gasteiger partial charge on any atom is -0.350 e. The predicted octanol–water partition coefficient (Wildman–Crippen LogP) is 1.83. The van der Waals surface area contributed by atoms with Crippen LogP contribution in [0.3, 0.4) is 0 Å². The lowest BCUT2D eigenvalue weighted by molar-refractivity contribution is -0.122. The zero-order chi connectivity index (χ0) is 14.4. The number of nitrogens with zero attached hydrogens (tertiary/aromatic N) is 1. The predicted molar refractivity (Wildman–Crippen MR) is 83.9 cm³/mol. The van der Waals surface area contributed by atoms with Gasteiger partial charge in [-0.3, -0.25) is 9.69 Å². The Morgan fingerprint density at radius 2 is 2.45 bits per heavy atom. The third kappa shape index (κ3) is 4.89. The largest absolute Gasteiger partial charge is 0.350 e. The van der Waals surface area contributed by atoms with Crippen LogP contribution >= 0.6 is 11.3 Å². The monoisotopic (exact) mass is 295 g/mol. The van der Waals surface area contributed by atoms with Crippen molar-refractivity contribution in [2.75, 3.05) is 19.6 Å². The Bertz CT molecular complexity index is 399. The van der Waals surface area contributed by atoms with Crippen molar-refractivity contribution in [3.05, 3.63) is 22.4 Å². The second-order valence-electron chi connectivity index (χ2n) is 5.67. The number of carbonyl (C=O) groups is 1. The van der Waals surface area contributed by atoms with E-state index in [9.17, 15) is 4.79 Å². The van der Waals surface area contributed by atoms with Crippen LogP contribution in [0.4, 0.5) is 0 Å². The van der Waals surface area contributed by atoms with E-state index < -0.39 is 0 Å². The number of hydrogen-bond donors (Lipinski definition) is 2. The molecule has 0 radical (unpaired) electrons. The number of amides is 1. The minimum absolute atomic E-state index is 0.116. The number of rotatable bonds is 7. The molecule has 2 rings (SSSR count). The summed E-state index contributed by atoms with van der Waals surface area (Å²) in [4.78, 5) is 15.5. The van der Waals surface area contributed by atoms with Gasteiger partial charge in [-0.2, -0.15) is 0 Å². The van der Waals surface area contributed by atoms with E-state index in [4.69, 9.17) is 0 Å². The normalized spacial score (nSPS) is 18.9. The highest BCUT2D eigenvalue weighted by Crippen LogP contribution is 2.10. The summed E-state index contributed by atoms with van der Waals surface area (Å²) in [6.45, 7) is 7.51. The van der Waals surface area contributed by atoms with E-state index in [1.54, 1.807) is 11.3 Å². The molecule has 1 fully saturated rings. The van der Waals surface area contributed by atoms with Gasteiger partial charge < -0.3 is 10.6 Å². The number of nitrogens with one attached hydrogen (secondary N) is 2. The van der Waals surface area contributed by atoms with Crippen molar-refractivity contribution in [3.8, 4) is 0 Å². The fourth-order valence-electron chi connectivity index (χ4n) is 2.49. The van der Waals surface area contributed by atoms with Crippen LogP contribution in [-0.4, -0.2) is 42.5 Å². The van der Waals surface area contributed by atoms with Crippen LogP contribution in [0, 0.1) is 0 Å². The Morgan fingerprint density at radius 3 is 3.05 bits per heavy atom. The van der Waals surface area contributed by atoms with Crippen molar-refractivity contribution >= 4 is 17.2 Å². The molecule has 0 saturated carbocycles. The molecule has 0 aliphatic carbocycles. The molecule has 0 bridgehead atoms. The molecule has 0 aromatic carbocycles. The molecule has 1 atom stereocenters. The van der Waals surface area contributed by atoms with E-state index in [0.29, 0.717) is 25.2 Å². The van der Waals surface area contributed by atoms with Gasteiger partial charge in [-0.05, 0) is 44.7 Å². The molecule has 4 nitrogen and oxygen atoms in total. The molecular formula is C15H25N3OS. The zero-order valence-corrected chi connectivity index (χ0v) is 13.2. The summed E-state index contributed by atoms with van der Waals surface area (Å²) >= 11 is 1.68. The maximum atomic E-state index is 12.1. The van der Waals surface area contributed by atoms with Gasteiger partial charge in [0.15, 0.2) is 0 Å². The molecule has 112 valence electrons. The second-order valence-corrected chi connectivity index (χ2v) is 6.70. The number of hydrogen-bond acceptors (Lipinski definition) is 4. The Kier molecular flexibility index (Phi) is 6.01. The quantitative estimate of drug-likeness (QED) is 0.806. The molecular weight excluding hydrogens is 270 g/mol. The van der Waals surface area contributed by atoms with E-state index in [0.717, 1.165) is 13.1 Å². The first kappa shape index (κ1) is 15.5. The minimum atomic E-state index is 0.116. The third-order valence-electron chi connectivity index (χ3n) is 3.73. The molecule has 20 heavy (non-hydrogen) atoms. The summed E-state index contributed by atoms with van der Waals surface area (Å²) in [5.41, 5.74) is 0. The Morgan fingerprint density at radius 1 is 1.60 bits per heavy atom. The van der Waals surface area contributed by atoms with E-state index in [1.165, 1.54) is 17.7 Å². The summed E-state index contributed by atoms with van der Waals surface area (Å²) in [7, 11) is 0. The Hall–Kier alpha value is -0.910. The molecule has 0 spiro atoms. The number of thiophene rings is 1. The van der Waals surface area contributed by atoms with Gasteiger partial charge >= 0.3 is 0 Å². The van der Waals surface area contributed by atoms with Crippen molar-refractivity contribution in [3.63, 3.8) is 0 Å². The molecule has 1 saturated heterocycles. The lowest BCUT2D eigenvalue weighted by Crippen LogP contribution is -2.46. The van der Waals surface area contributed by atoms with Gasteiger partial charge in [0, 0.05) is 23.5 Å². The number of carbonyl (C=O) groups excluding carboxylic acids is 1. The standard InChI is InChI=1S/C15H25N3OS/c1-12(2)18(10-13-5-3-7-16-13)11-15(19)17-9-14-6-4-8-20-14/h4,6,8,12-13,16H,3,5,7,9-11H2,1-2H3,(H,17,19). The summed E-state index contributed by atoms with van der Waals surface area (Å²) in [5.74, 6) is 0.116. The van der Waals surface area contributed by atoms with Crippen molar-refractivity contribution in [2.24, 2.45) is 0 Å². The van der Waals surface area contributed by atoms with E-state index in [2.05, 4.69) is 29.4 Å². The van der Waals surface area contributed by atoms with Crippen molar-refractivity contribution in [1.29, 1.82) is 0 Å². The zero-order valence-electron chi connectivity index (χ0n) is 12.4. The van der Waals surface area contributed by atoms with Crippen LogP contribution in [0.5, 0.6) is 0 Å². The van der Waals surface area contributed by atoms with Gasteiger partial charge in [0.1, 0.15) is 0 Å². The van der Waals surface area contributed by atoms with Gasteiger partial charge in [0.05, 0.1) is 13.1 Å². The van der Waals surface area contributed by atoms with Crippen LogP contribution in [0.2, 0.25) is 0 Å². The average molecular weight is 295 g/mol. The molecule has 5 heteroatoms. The SMILES string of the molecule is CC(C)N(CC(=O)NCc1cccs1)CC1CCCN1. The molecule has 2 heterocycles. The smallest absolute Gasteiger partial charge is 0.234 e. The topological polar surface area (TPSA) is 44.4 Å². The Balaban J connectivity index is 1.76. The maximum absolute atomic E-state index is 12.1. The first-order valence-corrected chi connectivity index (χ1v) is 8.29. The summed E-state index contributed by atoms with van der Waals surface area (Å²) < 4.78 is 0. The maximum Gasteiger partial charge on any atom is 0.234 e. The molecule has 2 N–H and O–H groups in total. The van der Waals surface area contributed by atoms with E-state index >= 15 is 0 Å². The summed E-state index contributed by atoms with van der Waals surface area (Å²) in [6.07, 6.45) is 2.47. The van der Waals surface area contributed by atoms with Crippen LogP contribution in [0.1, 0.15) is 31.6 Å². The molecule has 1 amide bonds. The molecule has 1 aliphatic heterocycles. The molecule has 1 aromatic heterocycles. The highest BCUT2D eigenvalue weighted by Gasteiger charge is 2.21. The van der Waals surface area contributed by atoms with Gasteiger partial charge in [-0.25, -0.2) is 0 Å². The van der Waals surface area contributed by atoms with Crippen LogP contribution < -0.4 is 10.6 Å². The molecule has 1 aliphatic rings. The van der Waals surface area contributed by atoms with Crippen molar-refractivity contribution in [1.82, 2.24) is 15.5 Å². The second kappa shape index (κ2) is 7.76. The first-order chi connectivity index (χ1) is 9.65. The van der Waals surface area contributed by atoms with Crippen LogP contribution in [0.25, 0.3) is 0 Å². The van der Waals surface area contributed by atoms with E-state index in [1.807, 2.05) is 17.5 Å². The molecule has 1 unspecified atom stereocenters. The molecule has 1 aromatic rings. The van der Waals surface area contributed by atoms with E-state index in [-0.39, 0.29) is 5.91 Å². The summed E-state index contributed by atoms with van der Waals surface area (Å²) in [6, 6.07) is 5.00. The van der Waals surface area contributed by atoms with Gasteiger partial charge in [-0.15, -0.1) is 11.3 Å². The highest BCUT2D eigenvalue weighted by molar-refractivity contribution is 7.09. The average Bonchev–Trinajstić information content (AvgIpc) is 3.08. The third-order valence-corrected chi connectivity index (χ3v) is 4.61. The van der Waals surface area contributed by atoms with Gasteiger partial charge in [-0.1, -0.05) is 6.07 Å². The lowest BCUT2D eigenvalue weighted by Gasteiger charge is -2.28. The van der Waals surface area contributed by atoms with Crippen LogP contribution in [-0.2, 0) is 11.3 Å². The lowest BCUT2D eigenvalue weighted by atomic mass is 10.2. The fourth-order valence-corrected chi connectivity index (χ4v) is 3.14.